The smallest absolute Gasteiger partial charge is 0.305 e. The molecule has 6 nitrogen and oxygen atoms in total. The van der Waals surface area contributed by atoms with Gasteiger partial charge in [-0.05, 0) is 25.1 Å². The van der Waals surface area contributed by atoms with E-state index >= 15 is 0 Å². The number of carboxylic acid groups (broad SMARTS) is 1. The van der Waals surface area contributed by atoms with Crippen LogP contribution in [0, 0.1) is 0 Å². The van der Waals surface area contributed by atoms with Crippen molar-refractivity contribution in [3.63, 3.8) is 0 Å². The van der Waals surface area contributed by atoms with E-state index in [0.29, 0.717) is 28.9 Å². The van der Waals surface area contributed by atoms with Crippen molar-refractivity contribution >= 4 is 35.1 Å². The summed E-state index contributed by atoms with van der Waals surface area (Å²) in [5, 5.41) is 9.76. The zero-order valence-electron chi connectivity index (χ0n) is 12.5. The Morgan fingerprint density at radius 1 is 1.39 bits per heavy atom. The molecule has 1 aromatic carbocycles. The van der Waals surface area contributed by atoms with E-state index in [4.69, 9.17) is 37.8 Å². The number of carboxylic acids is 1. The average molecular weight is 362 g/mol. The summed E-state index contributed by atoms with van der Waals surface area (Å²) in [4.78, 5) is 25.0. The number of halogens is 2. The molecule has 0 saturated carbocycles. The van der Waals surface area contributed by atoms with Crippen LogP contribution in [0.5, 0.6) is 5.75 Å². The van der Waals surface area contributed by atoms with Crippen molar-refractivity contribution in [3.05, 3.63) is 28.2 Å². The SMILES string of the molecule is CC(Oc1cc(Cl)cc(Cl)c1)C(=O)N1CCOCC1CC(=O)O. The Kier molecular flexibility index (Phi) is 6.10. The van der Waals surface area contributed by atoms with Gasteiger partial charge in [0.2, 0.25) is 0 Å². The molecule has 1 amide bonds. The van der Waals surface area contributed by atoms with Crippen molar-refractivity contribution in [1.82, 2.24) is 4.90 Å². The molecule has 1 N–H and O–H groups in total. The van der Waals surface area contributed by atoms with E-state index in [2.05, 4.69) is 0 Å². The van der Waals surface area contributed by atoms with Gasteiger partial charge >= 0.3 is 5.97 Å². The normalized spacial score (nSPS) is 19.3. The van der Waals surface area contributed by atoms with Crippen molar-refractivity contribution in [1.29, 1.82) is 0 Å². The Bertz CT molecular complexity index is 575. The maximum absolute atomic E-state index is 12.6. The lowest BCUT2D eigenvalue weighted by Gasteiger charge is -2.36. The van der Waals surface area contributed by atoms with E-state index in [1.54, 1.807) is 25.1 Å². The van der Waals surface area contributed by atoms with Gasteiger partial charge in [-0.1, -0.05) is 23.2 Å². The second kappa shape index (κ2) is 7.86. The molecule has 23 heavy (non-hydrogen) atoms. The number of carbonyl (C=O) groups is 2. The van der Waals surface area contributed by atoms with Gasteiger partial charge in [-0.3, -0.25) is 9.59 Å². The Balaban J connectivity index is 2.06. The minimum atomic E-state index is -0.978. The van der Waals surface area contributed by atoms with Crippen molar-refractivity contribution in [2.75, 3.05) is 19.8 Å². The highest BCUT2D eigenvalue weighted by atomic mass is 35.5. The molecule has 1 aliphatic heterocycles. The fourth-order valence-electron chi connectivity index (χ4n) is 2.40. The minimum Gasteiger partial charge on any atom is -0.481 e. The lowest BCUT2D eigenvalue weighted by Crippen LogP contribution is -2.53. The highest BCUT2D eigenvalue weighted by Crippen LogP contribution is 2.25. The lowest BCUT2D eigenvalue weighted by atomic mass is 10.1. The first-order valence-electron chi connectivity index (χ1n) is 7.09. The van der Waals surface area contributed by atoms with Crippen molar-refractivity contribution in [2.45, 2.75) is 25.5 Å². The van der Waals surface area contributed by atoms with E-state index in [-0.39, 0.29) is 18.9 Å². The highest BCUT2D eigenvalue weighted by molar-refractivity contribution is 6.34. The summed E-state index contributed by atoms with van der Waals surface area (Å²) in [5.74, 6) is -0.893. The molecule has 1 saturated heterocycles. The fourth-order valence-corrected chi connectivity index (χ4v) is 2.91. The molecule has 2 rings (SSSR count). The van der Waals surface area contributed by atoms with Crippen LogP contribution >= 0.6 is 23.2 Å². The van der Waals surface area contributed by atoms with Gasteiger partial charge in [0.25, 0.3) is 5.91 Å². The molecule has 1 heterocycles. The van der Waals surface area contributed by atoms with Crippen LogP contribution in [-0.2, 0) is 14.3 Å². The summed E-state index contributed by atoms with van der Waals surface area (Å²) in [6, 6.07) is 4.19. The maximum atomic E-state index is 12.6. The van der Waals surface area contributed by atoms with E-state index in [9.17, 15) is 9.59 Å². The number of ether oxygens (including phenoxy) is 2. The molecule has 0 aliphatic carbocycles. The monoisotopic (exact) mass is 361 g/mol. The fraction of sp³-hybridized carbons (Fsp3) is 0.467. The summed E-state index contributed by atoms with van der Waals surface area (Å²) in [7, 11) is 0. The topological polar surface area (TPSA) is 76.1 Å². The predicted octanol–water partition coefficient (Wildman–Crippen LogP) is 2.46. The second-order valence-electron chi connectivity index (χ2n) is 5.22. The maximum Gasteiger partial charge on any atom is 0.305 e. The van der Waals surface area contributed by atoms with Crippen LogP contribution in [0.1, 0.15) is 13.3 Å². The molecule has 8 heteroatoms. The number of hydrogen-bond acceptors (Lipinski definition) is 4. The number of hydrogen-bond donors (Lipinski definition) is 1. The van der Waals surface area contributed by atoms with Gasteiger partial charge < -0.3 is 19.5 Å². The quantitative estimate of drug-likeness (QED) is 0.871. The number of nitrogens with zero attached hydrogens (tertiary/aromatic N) is 1. The zero-order valence-corrected chi connectivity index (χ0v) is 14.0. The first kappa shape index (κ1) is 17.8. The van der Waals surface area contributed by atoms with Crippen LogP contribution < -0.4 is 4.74 Å². The average Bonchev–Trinajstić information content (AvgIpc) is 2.45. The molecule has 1 aliphatic rings. The van der Waals surface area contributed by atoms with Crippen LogP contribution in [0.4, 0.5) is 0 Å². The van der Waals surface area contributed by atoms with Crippen LogP contribution in [0.2, 0.25) is 10.0 Å². The summed E-state index contributed by atoms with van der Waals surface area (Å²) in [5.41, 5.74) is 0. The lowest BCUT2D eigenvalue weighted by molar-refractivity contribution is -0.150. The van der Waals surface area contributed by atoms with Crippen LogP contribution in [-0.4, -0.2) is 53.8 Å². The van der Waals surface area contributed by atoms with Gasteiger partial charge in [0.05, 0.1) is 25.7 Å². The van der Waals surface area contributed by atoms with E-state index in [1.807, 2.05) is 0 Å². The molecule has 0 spiro atoms. The Labute approximate surface area is 143 Å². The van der Waals surface area contributed by atoms with Gasteiger partial charge in [0.15, 0.2) is 6.10 Å². The molecule has 0 bridgehead atoms. The third kappa shape index (κ3) is 4.99. The van der Waals surface area contributed by atoms with Crippen molar-refractivity contribution < 1.29 is 24.2 Å². The largest absolute Gasteiger partial charge is 0.481 e. The molecular formula is C15H17Cl2NO5. The Morgan fingerprint density at radius 3 is 2.65 bits per heavy atom. The second-order valence-corrected chi connectivity index (χ2v) is 6.10. The van der Waals surface area contributed by atoms with Gasteiger partial charge in [0, 0.05) is 16.6 Å². The molecule has 2 atom stereocenters. The first-order valence-corrected chi connectivity index (χ1v) is 7.85. The Morgan fingerprint density at radius 2 is 2.04 bits per heavy atom. The zero-order chi connectivity index (χ0) is 17.0. The van der Waals surface area contributed by atoms with Crippen LogP contribution in [0.25, 0.3) is 0 Å². The van der Waals surface area contributed by atoms with Crippen molar-refractivity contribution in [3.8, 4) is 5.75 Å². The number of carbonyl (C=O) groups excluding carboxylic acids is 1. The molecule has 0 radical (unpaired) electrons. The molecule has 0 aromatic heterocycles. The van der Waals surface area contributed by atoms with Crippen LogP contribution in [0.15, 0.2) is 18.2 Å². The standard InChI is InChI=1S/C15H17Cl2NO5/c1-9(23-13-5-10(16)4-11(17)6-13)15(21)18-2-3-22-8-12(18)7-14(19)20/h4-6,9,12H,2-3,7-8H2,1H3,(H,19,20). The summed E-state index contributed by atoms with van der Waals surface area (Å²) < 4.78 is 10.9. The summed E-state index contributed by atoms with van der Waals surface area (Å²) in [6.45, 7) is 2.51. The van der Waals surface area contributed by atoms with E-state index in [1.165, 1.54) is 4.90 Å². The Hall–Kier alpha value is -1.50. The minimum absolute atomic E-state index is 0.165. The summed E-state index contributed by atoms with van der Waals surface area (Å²) in [6.07, 6.45) is -0.958. The van der Waals surface area contributed by atoms with Crippen molar-refractivity contribution in [2.24, 2.45) is 0 Å². The third-order valence-corrected chi connectivity index (χ3v) is 3.85. The first-order chi connectivity index (χ1) is 10.9. The number of benzene rings is 1. The number of morpholine rings is 1. The number of rotatable bonds is 5. The van der Waals surface area contributed by atoms with E-state index < -0.39 is 18.1 Å². The molecule has 2 unspecified atom stereocenters. The molecule has 126 valence electrons. The predicted molar refractivity (Wildman–Crippen MR) is 85.1 cm³/mol. The molecular weight excluding hydrogens is 345 g/mol. The van der Waals surface area contributed by atoms with Gasteiger partial charge in [-0.2, -0.15) is 0 Å². The van der Waals surface area contributed by atoms with Gasteiger partial charge in [0.1, 0.15) is 5.75 Å². The van der Waals surface area contributed by atoms with E-state index in [0.717, 1.165) is 0 Å². The molecule has 1 fully saturated rings. The van der Waals surface area contributed by atoms with Gasteiger partial charge in [-0.25, -0.2) is 0 Å². The number of aliphatic carboxylic acids is 1. The van der Waals surface area contributed by atoms with Crippen LogP contribution in [0.3, 0.4) is 0 Å². The molecule has 1 aromatic rings. The highest BCUT2D eigenvalue weighted by Gasteiger charge is 2.32. The third-order valence-electron chi connectivity index (χ3n) is 3.42. The van der Waals surface area contributed by atoms with Gasteiger partial charge in [-0.15, -0.1) is 0 Å². The number of amides is 1. The summed E-state index contributed by atoms with van der Waals surface area (Å²) >= 11 is 11.8.